The Morgan fingerprint density at radius 1 is 1.43 bits per heavy atom. The third kappa shape index (κ3) is 2.85. The number of likely N-dealkylation sites (N-methyl/N-ethyl adjacent to an activating group) is 1. The van der Waals surface area contributed by atoms with Crippen LogP contribution >= 0.6 is 0 Å². The molecule has 0 aliphatic carbocycles. The van der Waals surface area contributed by atoms with Crippen LogP contribution < -0.4 is 5.73 Å². The van der Waals surface area contributed by atoms with Crippen LogP contribution in [0.5, 0.6) is 0 Å². The Morgan fingerprint density at radius 3 is 2.50 bits per heavy atom. The highest BCUT2D eigenvalue weighted by Gasteiger charge is 2.12. The highest BCUT2D eigenvalue weighted by molar-refractivity contribution is 5.80. The first-order chi connectivity index (χ1) is 6.61. The van der Waals surface area contributed by atoms with Crippen molar-refractivity contribution in [1.82, 2.24) is 4.90 Å². The van der Waals surface area contributed by atoms with Gasteiger partial charge in [-0.3, -0.25) is 4.79 Å². The van der Waals surface area contributed by atoms with Gasteiger partial charge in [0.15, 0.2) is 0 Å². The Kier molecular flexibility index (Phi) is 3.65. The minimum absolute atomic E-state index is 0.0335. The minimum Gasteiger partial charge on any atom is -0.340 e. The third-order valence-electron chi connectivity index (χ3n) is 2.03. The smallest absolute Gasteiger partial charge is 0.239 e. The number of hydrogen-bond acceptors (Lipinski definition) is 2. The van der Waals surface area contributed by atoms with E-state index in [1.807, 2.05) is 30.3 Å². The van der Waals surface area contributed by atoms with E-state index in [1.54, 1.807) is 18.9 Å². The molecular formula is C11H16N2O. The van der Waals surface area contributed by atoms with Crippen molar-refractivity contribution in [3.8, 4) is 0 Å². The molecule has 0 heterocycles. The van der Waals surface area contributed by atoms with E-state index in [2.05, 4.69) is 0 Å². The summed E-state index contributed by atoms with van der Waals surface area (Å²) in [5.74, 6) is -0.0335. The molecule has 1 atom stereocenters. The number of rotatable bonds is 3. The monoisotopic (exact) mass is 192 g/mol. The zero-order chi connectivity index (χ0) is 10.6. The largest absolute Gasteiger partial charge is 0.340 e. The van der Waals surface area contributed by atoms with Crippen LogP contribution in [0, 0.1) is 0 Å². The fourth-order valence-corrected chi connectivity index (χ4v) is 1.28. The molecule has 0 spiro atoms. The summed E-state index contributed by atoms with van der Waals surface area (Å²) in [5.41, 5.74) is 6.61. The van der Waals surface area contributed by atoms with Crippen molar-refractivity contribution in [3.63, 3.8) is 0 Å². The Bertz CT molecular complexity index is 295. The van der Waals surface area contributed by atoms with E-state index in [0.29, 0.717) is 6.54 Å². The lowest BCUT2D eigenvalue weighted by Gasteiger charge is -2.19. The van der Waals surface area contributed by atoms with Gasteiger partial charge in [0.05, 0.1) is 6.04 Å². The maximum absolute atomic E-state index is 11.4. The highest BCUT2D eigenvalue weighted by Crippen LogP contribution is 2.03. The van der Waals surface area contributed by atoms with E-state index in [-0.39, 0.29) is 5.91 Å². The van der Waals surface area contributed by atoms with Crippen molar-refractivity contribution in [2.24, 2.45) is 5.73 Å². The molecule has 0 aliphatic rings. The molecule has 0 aromatic heterocycles. The molecule has 1 aromatic rings. The summed E-state index contributed by atoms with van der Waals surface area (Å²) in [6, 6.07) is 9.43. The number of amides is 1. The molecular weight excluding hydrogens is 176 g/mol. The lowest BCUT2D eigenvalue weighted by Crippen LogP contribution is -2.39. The van der Waals surface area contributed by atoms with Crippen LogP contribution in [-0.2, 0) is 11.3 Å². The Hall–Kier alpha value is -1.35. The molecule has 0 radical (unpaired) electrons. The van der Waals surface area contributed by atoms with Gasteiger partial charge in [-0.25, -0.2) is 0 Å². The second kappa shape index (κ2) is 4.77. The van der Waals surface area contributed by atoms with Crippen LogP contribution in [-0.4, -0.2) is 23.9 Å². The van der Waals surface area contributed by atoms with E-state index in [0.717, 1.165) is 5.56 Å². The van der Waals surface area contributed by atoms with Crippen molar-refractivity contribution in [2.45, 2.75) is 19.5 Å². The van der Waals surface area contributed by atoms with Gasteiger partial charge in [0, 0.05) is 13.6 Å². The molecule has 0 bridgehead atoms. The van der Waals surface area contributed by atoms with Crippen molar-refractivity contribution in [3.05, 3.63) is 35.9 Å². The van der Waals surface area contributed by atoms with Gasteiger partial charge >= 0.3 is 0 Å². The molecule has 1 aromatic carbocycles. The molecule has 1 rings (SSSR count). The van der Waals surface area contributed by atoms with Crippen molar-refractivity contribution in [1.29, 1.82) is 0 Å². The molecule has 0 aliphatic heterocycles. The van der Waals surface area contributed by atoms with Crippen molar-refractivity contribution >= 4 is 5.91 Å². The first-order valence-electron chi connectivity index (χ1n) is 4.65. The predicted octanol–water partition coefficient (Wildman–Crippen LogP) is 0.992. The Balaban J connectivity index is 2.57. The average molecular weight is 192 g/mol. The summed E-state index contributed by atoms with van der Waals surface area (Å²) < 4.78 is 0. The number of hydrogen-bond donors (Lipinski definition) is 1. The summed E-state index contributed by atoms with van der Waals surface area (Å²) >= 11 is 0. The topological polar surface area (TPSA) is 46.3 Å². The van der Waals surface area contributed by atoms with Gasteiger partial charge in [-0.2, -0.15) is 0 Å². The molecule has 0 fully saturated rings. The van der Waals surface area contributed by atoms with Crippen LogP contribution in [0.1, 0.15) is 12.5 Å². The third-order valence-corrected chi connectivity index (χ3v) is 2.03. The molecule has 14 heavy (non-hydrogen) atoms. The molecule has 3 heteroatoms. The summed E-state index contributed by atoms with van der Waals surface area (Å²) in [7, 11) is 1.76. The maximum atomic E-state index is 11.4. The number of benzene rings is 1. The van der Waals surface area contributed by atoms with Crippen LogP contribution in [0.25, 0.3) is 0 Å². The number of nitrogens with zero attached hydrogens (tertiary/aromatic N) is 1. The predicted molar refractivity (Wildman–Crippen MR) is 56.6 cm³/mol. The molecule has 1 unspecified atom stereocenters. The summed E-state index contributed by atoms with van der Waals surface area (Å²) in [6.45, 7) is 2.31. The van der Waals surface area contributed by atoms with E-state index < -0.39 is 6.04 Å². The van der Waals surface area contributed by atoms with Gasteiger partial charge in [-0.1, -0.05) is 30.3 Å². The summed E-state index contributed by atoms with van der Waals surface area (Å²) in [4.78, 5) is 13.1. The van der Waals surface area contributed by atoms with Gasteiger partial charge in [0.2, 0.25) is 5.91 Å². The van der Waals surface area contributed by atoms with Gasteiger partial charge in [0.1, 0.15) is 0 Å². The number of nitrogens with two attached hydrogens (primary N) is 1. The second-order valence-electron chi connectivity index (χ2n) is 3.47. The van der Waals surface area contributed by atoms with E-state index in [4.69, 9.17) is 5.73 Å². The highest BCUT2D eigenvalue weighted by atomic mass is 16.2. The summed E-state index contributed by atoms with van der Waals surface area (Å²) in [5, 5.41) is 0. The normalized spacial score (nSPS) is 12.2. The van der Waals surface area contributed by atoms with Gasteiger partial charge in [-0.15, -0.1) is 0 Å². The van der Waals surface area contributed by atoms with E-state index in [9.17, 15) is 4.79 Å². The van der Waals surface area contributed by atoms with Crippen LogP contribution in [0.15, 0.2) is 30.3 Å². The molecule has 3 nitrogen and oxygen atoms in total. The lowest BCUT2D eigenvalue weighted by molar-refractivity contribution is -0.131. The lowest BCUT2D eigenvalue weighted by atomic mass is 10.2. The first-order valence-corrected chi connectivity index (χ1v) is 4.65. The van der Waals surface area contributed by atoms with Gasteiger partial charge in [0.25, 0.3) is 0 Å². The Labute approximate surface area is 84.5 Å². The number of carbonyl (C=O) groups is 1. The zero-order valence-electron chi connectivity index (χ0n) is 8.60. The molecule has 76 valence electrons. The average Bonchev–Trinajstić information content (AvgIpc) is 2.18. The van der Waals surface area contributed by atoms with Crippen LogP contribution in [0.2, 0.25) is 0 Å². The summed E-state index contributed by atoms with van der Waals surface area (Å²) in [6.07, 6.45) is 0. The quantitative estimate of drug-likeness (QED) is 0.776. The standard InChI is InChI=1S/C11H16N2O/c1-9(12)11(14)13(2)8-10-6-4-3-5-7-10/h3-7,9H,8,12H2,1-2H3. The van der Waals surface area contributed by atoms with Crippen molar-refractivity contribution < 1.29 is 4.79 Å². The second-order valence-corrected chi connectivity index (χ2v) is 3.47. The van der Waals surface area contributed by atoms with Gasteiger partial charge in [-0.05, 0) is 12.5 Å². The van der Waals surface area contributed by atoms with Crippen LogP contribution in [0.3, 0.4) is 0 Å². The molecule has 2 N–H and O–H groups in total. The van der Waals surface area contributed by atoms with Gasteiger partial charge < -0.3 is 10.6 Å². The van der Waals surface area contributed by atoms with E-state index in [1.165, 1.54) is 0 Å². The van der Waals surface area contributed by atoms with E-state index >= 15 is 0 Å². The Morgan fingerprint density at radius 2 is 2.00 bits per heavy atom. The molecule has 1 amide bonds. The fourth-order valence-electron chi connectivity index (χ4n) is 1.28. The molecule has 0 saturated carbocycles. The first kappa shape index (κ1) is 10.7. The zero-order valence-corrected chi connectivity index (χ0v) is 8.60. The van der Waals surface area contributed by atoms with Crippen LogP contribution in [0.4, 0.5) is 0 Å². The minimum atomic E-state index is -0.427. The fraction of sp³-hybridized carbons (Fsp3) is 0.364. The molecule has 0 saturated heterocycles. The number of carbonyl (C=O) groups excluding carboxylic acids is 1. The van der Waals surface area contributed by atoms with Crippen molar-refractivity contribution in [2.75, 3.05) is 7.05 Å². The maximum Gasteiger partial charge on any atom is 0.239 e. The SMILES string of the molecule is CC(N)C(=O)N(C)Cc1ccccc1.